The van der Waals surface area contributed by atoms with Crippen molar-refractivity contribution in [3.8, 4) is 28.9 Å². The van der Waals surface area contributed by atoms with Crippen molar-refractivity contribution < 1.29 is 9.53 Å². The van der Waals surface area contributed by atoms with E-state index in [-0.39, 0.29) is 11.7 Å². The zero-order valence-electron chi connectivity index (χ0n) is 18.9. The summed E-state index contributed by atoms with van der Waals surface area (Å²) in [7, 11) is 1.63. The number of carbonyl (C=O) groups excluding carboxylic acids is 1. The number of aromatic nitrogens is 3. The highest BCUT2D eigenvalue weighted by molar-refractivity contribution is 7.99. The van der Waals surface area contributed by atoms with Gasteiger partial charge in [0.15, 0.2) is 11.0 Å². The van der Waals surface area contributed by atoms with E-state index in [1.54, 1.807) is 7.11 Å². The van der Waals surface area contributed by atoms with Gasteiger partial charge in [0.05, 0.1) is 18.9 Å². The molecule has 1 aromatic heterocycles. The Kier molecular flexibility index (Phi) is 6.99. The van der Waals surface area contributed by atoms with Gasteiger partial charge in [-0.1, -0.05) is 54.8 Å². The highest BCUT2D eigenvalue weighted by Gasteiger charge is 2.33. The Morgan fingerprint density at radius 3 is 2.61 bits per heavy atom. The van der Waals surface area contributed by atoms with E-state index < -0.39 is 5.54 Å². The average molecular weight is 462 g/mol. The van der Waals surface area contributed by atoms with Crippen molar-refractivity contribution in [2.75, 3.05) is 12.9 Å². The molecule has 0 aliphatic heterocycles. The van der Waals surface area contributed by atoms with E-state index in [9.17, 15) is 10.1 Å². The first kappa shape index (κ1) is 22.9. The molecule has 1 amide bonds. The first-order valence-electron chi connectivity index (χ1n) is 11.1. The predicted octanol–water partition coefficient (Wildman–Crippen LogP) is 4.69. The Bertz CT molecular complexity index is 1160. The van der Waals surface area contributed by atoms with Crippen LogP contribution >= 0.6 is 11.8 Å². The molecule has 7 nitrogen and oxygen atoms in total. The summed E-state index contributed by atoms with van der Waals surface area (Å²) in [5.41, 5.74) is 2.20. The quantitative estimate of drug-likeness (QED) is 0.513. The van der Waals surface area contributed by atoms with Gasteiger partial charge >= 0.3 is 0 Å². The second-order valence-electron chi connectivity index (χ2n) is 8.30. The lowest BCUT2D eigenvalue weighted by atomic mass is 9.83. The van der Waals surface area contributed by atoms with Crippen molar-refractivity contribution in [1.29, 1.82) is 5.26 Å². The number of nitriles is 1. The Hall–Kier alpha value is -3.31. The van der Waals surface area contributed by atoms with Gasteiger partial charge in [-0.2, -0.15) is 5.26 Å². The minimum absolute atomic E-state index is 0.158. The third kappa shape index (κ3) is 5.20. The predicted molar refractivity (Wildman–Crippen MR) is 128 cm³/mol. The molecule has 0 spiro atoms. The molecule has 4 rings (SSSR count). The number of thioether (sulfide) groups is 1. The third-order valence-electron chi connectivity index (χ3n) is 5.87. The van der Waals surface area contributed by atoms with Crippen LogP contribution in [-0.2, 0) is 4.79 Å². The Labute approximate surface area is 198 Å². The molecule has 2 aromatic carbocycles. The molecular weight excluding hydrogens is 434 g/mol. The molecule has 0 unspecified atom stereocenters. The number of hydrogen-bond donors (Lipinski definition) is 1. The molecule has 1 aliphatic rings. The van der Waals surface area contributed by atoms with Gasteiger partial charge in [0.25, 0.3) is 0 Å². The number of nitrogens with one attached hydrogen (secondary N) is 1. The van der Waals surface area contributed by atoms with Gasteiger partial charge in [-0.15, -0.1) is 10.2 Å². The molecule has 0 saturated heterocycles. The molecule has 1 N–H and O–H groups in total. The largest absolute Gasteiger partial charge is 0.497 e. The number of aryl methyl sites for hydroxylation is 1. The molecule has 33 heavy (non-hydrogen) atoms. The third-order valence-corrected chi connectivity index (χ3v) is 6.80. The smallest absolute Gasteiger partial charge is 0.231 e. The standard InChI is InChI=1S/C25H27N5O2S/c1-18-7-6-8-19(15-18)23-28-29-24(30(23)20-9-11-21(32-2)12-10-20)33-16-22(31)27-25(17-26)13-4-3-5-14-25/h6-12,15H,3-5,13-14,16H2,1-2H3,(H,27,31). The van der Waals surface area contributed by atoms with E-state index >= 15 is 0 Å². The Balaban J connectivity index is 1.60. The number of benzene rings is 2. The Morgan fingerprint density at radius 2 is 1.94 bits per heavy atom. The highest BCUT2D eigenvalue weighted by atomic mass is 32.2. The summed E-state index contributed by atoms with van der Waals surface area (Å²) >= 11 is 1.31. The molecule has 3 aromatic rings. The number of rotatable bonds is 7. The molecule has 1 fully saturated rings. The van der Waals surface area contributed by atoms with Crippen molar-refractivity contribution in [2.45, 2.75) is 49.7 Å². The summed E-state index contributed by atoms with van der Waals surface area (Å²) in [5.74, 6) is 1.45. The number of methoxy groups -OCH3 is 1. The lowest BCUT2D eigenvalue weighted by Crippen LogP contribution is -2.49. The van der Waals surface area contributed by atoms with E-state index in [4.69, 9.17) is 4.74 Å². The van der Waals surface area contributed by atoms with E-state index in [1.807, 2.05) is 54.0 Å². The van der Waals surface area contributed by atoms with Crippen molar-refractivity contribution >= 4 is 17.7 Å². The zero-order chi connectivity index (χ0) is 23.3. The van der Waals surface area contributed by atoms with Gasteiger partial charge < -0.3 is 10.1 Å². The maximum Gasteiger partial charge on any atom is 0.231 e. The molecule has 0 bridgehead atoms. The van der Waals surface area contributed by atoms with E-state index in [2.05, 4.69) is 27.6 Å². The minimum Gasteiger partial charge on any atom is -0.497 e. The number of carbonyl (C=O) groups is 1. The number of amides is 1. The van der Waals surface area contributed by atoms with Gasteiger partial charge in [-0.25, -0.2) is 0 Å². The fraction of sp³-hybridized carbons (Fsp3) is 0.360. The van der Waals surface area contributed by atoms with Crippen LogP contribution < -0.4 is 10.1 Å². The topological polar surface area (TPSA) is 92.8 Å². The summed E-state index contributed by atoms with van der Waals surface area (Å²) in [6, 6.07) is 18.1. The van der Waals surface area contributed by atoms with Crippen LogP contribution in [0.3, 0.4) is 0 Å². The lowest BCUT2D eigenvalue weighted by molar-refractivity contribution is -0.120. The Morgan fingerprint density at radius 1 is 1.18 bits per heavy atom. The summed E-state index contributed by atoms with van der Waals surface area (Å²) in [6.45, 7) is 2.04. The molecule has 0 radical (unpaired) electrons. The van der Waals surface area contributed by atoms with Crippen molar-refractivity contribution in [1.82, 2.24) is 20.1 Å². The van der Waals surface area contributed by atoms with Crippen LogP contribution in [0.2, 0.25) is 0 Å². The van der Waals surface area contributed by atoms with Gasteiger partial charge in [0, 0.05) is 11.3 Å². The van der Waals surface area contributed by atoms with Gasteiger partial charge in [0.1, 0.15) is 11.3 Å². The summed E-state index contributed by atoms with van der Waals surface area (Å²) in [4.78, 5) is 12.7. The summed E-state index contributed by atoms with van der Waals surface area (Å²) in [5, 5.41) is 22.1. The summed E-state index contributed by atoms with van der Waals surface area (Å²) < 4.78 is 7.24. The fourth-order valence-corrected chi connectivity index (χ4v) is 4.90. The van der Waals surface area contributed by atoms with Crippen LogP contribution in [0.25, 0.3) is 17.1 Å². The number of ether oxygens (including phenoxy) is 1. The highest BCUT2D eigenvalue weighted by Crippen LogP contribution is 2.30. The molecule has 0 atom stereocenters. The molecule has 1 aliphatic carbocycles. The van der Waals surface area contributed by atoms with Crippen molar-refractivity contribution in [2.24, 2.45) is 0 Å². The summed E-state index contributed by atoms with van der Waals surface area (Å²) in [6.07, 6.45) is 4.46. The first-order chi connectivity index (χ1) is 16.0. The lowest BCUT2D eigenvalue weighted by Gasteiger charge is -2.31. The van der Waals surface area contributed by atoms with Gasteiger partial charge in [0.2, 0.25) is 5.91 Å². The van der Waals surface area contributed by atoms with Crippen LogP contribution in [-0.4, -0.2) is 39.1 Å². The van der Waals surface area contributed by atoms with E-state index in [0.717, 1.165) is 41.8 Å². The normalized spacial score (nSPS) is 14.9. The minimum atomic E-state index is -0.744. The maximum atomic E-state index is 12.7. The maximum absolute atomic E-state index is 12.7. The second kappa shape index (κ2) is 10.1. The zero-order valence-corrected chi connectivity index (χ0v) is 19.7. The van der Waals surface area contributed by atoms with Crippen LogP contribution in [0.4, 0.5) is 0 Å². The van der Waals surface area contributed by atoms with Gasteiger partial charge in [-0.3, -0.25) is 9.36 Å². The van der Waals surface area contributed by atoms with Crippen LogP contribution in [0.15, 0.2) is 53.7 Å². The van der Waals surface area contributed by atoms with E-state index in [1.165, 1.54) is 11.8 Å². The van der Waals surface area contributed by atoms with Crippen LogP contribution in [0.5, 0.6) is 5.75 Å². The van der Waals surface area contributed by atoms with Crippen LogP contribution in [0.1, 0.15) is 37.7 Å². The van der Waals surface area contributed by atoms with E-state index in [0.29, 0.717) is 23.8 Å². The fourth-order valence-electron chi connectivity index (χ4n) is 4.15. The van der Waals surface area contributed by atoms with Crippen molar-refractivity contribution in [3.05, 3.63) is 54.1 Å². The van der Waals surface area contributed by atoms with Gasteiger partial charge in [-0.05, 0) is 50.1 Å². The number of hydrogen-bond acceptors (Lipinski definition) is 6. The average Bonchev–Trinajstić information content (AvgIpc) is 3.27. The first-order valence-corrected chi connectivity index (χ1v) is 12.0. The molecular formula is C25H27N5O2S. The molecule has 170 valence electrons. The second-order valence-corrected chi connectivity index (χ2v) is 9.24. The molecule has 1 saturated carbocycles. The molecule has 1 heterocycles. The monoisotopic (exact) mass is 461 g/mol. The SMILES string of the molecule is COc1ccc(-n2c(SCC(=O)NC3(C#N)CCCCC3)nnc2-c2cccc(C)c2)cc1. The van der Waals surface area contributed by atoms with Crippen LogP contribution in [0, 0.1) is 18.3 Å². The number of nitrogens with zero attached hydrogens (tertiary/aromatic N) is 4. The van der Waals surface area contributed by atoms with Crippen molar-refractivity contribution in [3.63, 3.8) is 0 Å². The molecule has 8 heteroatoms.